The second-order valence-electron chi connectivity index (χ2n) is 7.45. The fourth-order valence-corrected chi connectivity index (χ4v) is 3.49. The average Bonchev–Trinajstić information content (AvgIpc) is 2.69. The zero-order valence-corrected chi connectivity index (χ0v) is 16.9. The third-order valence-corrected chi connectivity index (χ3v) is 5.41. The molecule has 0 N–H and O–H groups in total. The van der Waals surface area contributed by atoms with Crippen LogP contribution in [0.5, 0.6) is 11.5 Å². The molecule has 0 unspecified atom stereocenters. The van der Waals surface area contributed by atoms with Crippen molar-refractivity contribution in [3.05, 3.63) is 59.2 Å². The van der Waals surface area contributed by atoms with Crippen LogP contribution in [0.4, 0.5) is 0 Å². The zero-order chi connectivity index (χ0) is 19.1. The Hall–Kier alpha value is -2.04. The summed E-state index contributed by atoms with van der Waals surface area (Å²) in [4.78, 5) is 4.97. The number of ether oxygens (including phenoxy) is 2. The quantitative estimate of drug-likeness (QED) is 0.708. The number of benzene rings is 2. The first-order valence-electron chi connectivity index (χ1n) is 9.91. The molecule has 0 aliphatic carbocycles. The molecule has 1 fully saturated rings. The molecule has 4 heteroatoms. The van der Waals surface area contributed by atoms with Gasteiger partial charge in [-0.1, -0.05) is 30.3 Å². The number of hydrogen-bond acceptors (Lipinski definition) is 4. The van der Waals surface area contributed by atoms with Crippen LogP contribution in [0, 0.1) is 6.92 Å². The van der Waals surface area contributed by atoms with E-state index in [9.17, 15) is 0 Å². The molecule has 27 heavy (non-hydrogen) atoms. The smallest absolute Gasteiger partial charge is 0.161 e. The van der Waals surface area contributed by atoms with E-state index in [1.807, 2.05) is 12.1 Å². The number of nitrogens with zero attached hydrogens (tertiary/aromatic N) is 2. The largest absolute Gasteiger partial charge is 0.493 e. The molecule has 0 spiro atoms. The van der Waals surface area contributed by atoms with Crippen LogP contribution in [0.1, 0.15) is 23.1 Å². The highest BCUT2D eigenvalue weighted by molar-refractivity contribution is 5.43. The molecule has 1 aliphatic heterocycles. The topological polar surface area (TPSA) is 24.9 Å². The van der Waals surface area contributed by atoms with Crippen LogP contribution in [-0.2, 0) is 13.0 Å². The Morgan fingerprint density at radius 1 is 0.963 bits per heavy atom. The molecule has 1 aliphatic rings. The normalized spacial score (nSPS) is 15.7. The molecule has 146 valence electrons. The highest BCUT2D eigenvalue weighted by Gasteiger charge is 2.13. The predicted molar refractivity (Wildman–Crippen MR) is 111 cm³/mol. The van der Waals surface area contributed by atoms with Crippen molar-refractivity contribution >= 4 is 0 Å². The van der Waals surface area contributed by atoms with E-state index in [1.165, 1.54) is 55.8 Å². The number of likely N-dealkylation sites (N-methyl/N-ethyl adjacent to an activating group) is 1. The first kappa shape index (κ1) is 19.7. The molecule has 2 aromatic carbocycles. The van der Waals surface area contributed by atoms with Crippen LogP contribution in [0.15, 0.2) is 42.5 Å². The Morgan fingerprint density at radius 2 is 1.74 bits per heavy atom. The van der Waals surface area contributed by atoms with Gasteiger partial charge in [0.15, 0.2) is 11.5 Å². The highest BCUT2D eigenvalue weighted by Crippen LogP contribution is 2.29. The highest BCUT2D eigenvalue weighted by atomic mass is 16.5. The fraction of sp³-hybridized carbons (Fsp3) is 0.478. The third-order valence-electron chi connectivity index (χ3n) is 5.41. The first-order valence-corrected chi connectivity index (χ1v) is 9.91. The second-order valence-corrected chi connectivity index (χ2v) is 7.45. The minimum absolute atomic E-state index is 0.561. The summed E-state index contributed by atoms with van der Waals surface area (Å²) in [5.41, 5.74) is 3.76. The molecule has 4 nitrogen and oxygen atoms in total. The summed E-state index contributed by atoms with van der Waals surface area (Å²) in [6.45, 7) is 8.57. The van der Waals surface area contributed by atoms with E-state index in [1.54, 1.807) is 7.11 Å². The van der Waals surface area contributed by atoms with E-state index in [-0.39, 0.29) is 0 Å². The molecular formula is C23H32N2O2. The summed E-state index contributed by atoms with van der Waals surface area (Å²) in [6, 6.07) is 14.6. The van der Waals surface area contributed by atoms with Gasteiger partial charge < -0.3 is 19.3 Å². The molecule has 0 atom stereocenters. The lowest BCUT2D eigenvalue weighted by Crippen LogP contribution is -2.44. The van der Waals surface area contributed by atoms with Crippen molar-refractivity contribution in [3.8, 4) is 11.5 Å². The maximum atomic E-state index is 6.02. The Labute approximate surface area is 163 Å². The summed E-state index contributed by atoms with van der Waals surface area (Å²) in [6.07, 6.45) is 2.25. The summed E-state index contributed by atoms with van der Waals surface area (Å²) < 4.78 is 11.6. The van der Waals surface area contributed by atoms with Gasteiger partial charge in [-0.2, -0.15) is 0 Å². The van der Waals surface area contributed by atoms with Crippen molar-refractivity contribution in [1.82, 2.24) is 9.80 Å². The number of hydrogen-bond donors (Lipinski definition) is 0. The SMILES string of the molecule is COc1cc(CCCN2CCN(C)CC2)ccc1OCc1ccccc1C. The van der Waals surface area contributed by atoms with Gasteiger partial charge in [0.2, 0.25) is 0 Å². The van der Waals surface area contributed by atoms with Crippen LogP contribution in [-0.4, -0.2) is 56.7 Å². The van der Waals surface area contributed by atoms with Crippen LogP contribution in [0.25, 0.3) is 0 Å². The molecule has 0 amide bonds. The Morgan fingerprint density at radius 3 is 2.48 bits per heavy atom. The van der Waals surface area contributed by atoms with Crippen LogP contribution in [0.2, 0.25) is 0 Å². The zero-order valence-electron chi connectivity index (χ0n) is 16.9. The average molecular weight is 369 g/mol. The summed E-state index contributed by atoms with van der Waals surface area (Å²) in [7, 11) is 3.91. The van der Waals surface area contributed by atoms with Gasteiger partial charge in [0.1, 0.15) is 6.61 Å². The maximum Gasteiger partial charge on any atom is 0.161 e. The van der Waals surface area contributed by atoms with Gasteiger partial charge in [-0.05, 0) is 62.2 Å². The van der Waals surface area contributed by atoms with Crippen molar-refractivity contribution in [2.24, 2.45) is 0 Å². The summed E-state index contributed by atoms with van der Waals surface area (Å²) >= 11 is 0. The Kier molecular flexibility index (Phi) is 7.13. The van der Waals surface area contributed by atoms with E-state index < -0.39 is 0 Å². The van der Waals surface area contributed by atoms with E-state index >= 15 is 0 Å². The molecule has 1 heterocycles. The summed E-state index contributed by atoms with van der Waals surface area (Å²) in [5.74, 6) is 1.63. The molecular weight excluding hydrogens is 336 g/mol. The fourth-order valence-electron chi connectivity index (χ4n) is 3.49. The van der Waals surface area contributed by atoms with Crippen molar-refractivity contribution in [2.45, 2.75) is 26.4 Å². The van der Waals surface area contributed by atoms with E-state index in [4.69, 9.17) is 9.47 Å². The Bertz CT molecular complexity index is 724. The van der Waals surface area contributed by atoms with E-state index in [0.717, 1.165) is 17.9 Å². The van der Waals surface area contributed by atoms with Crippen molar-refractivity contribution < 1.29 is 9.47 Å². The van der Waals surface area contributed by atoms with Gasteiger partial charge in [0.05, 0.1) is 7.11 Å². The van der Waals surface area contributed by atoms with Gasteiger partial charge in [0, 0.05) is 26.2 Å². The molecule has 0 bridgehead atoms. The lowest BCUT2D eigenvalue weighted by molar-refractivity contribution is 0.153. The molecule has 0 aromatic heterocycles. The monoisotopic (exact) mass is 368 g/mol. The second kappa shape index (κ2) is 9.77. The van der Waals surface area contributed by atoms with Crippen LogP contribution >= 0.6 is 0 Å². The Balaban J connectivity index is 1.52. The number of rotatable bonds is 8. The lowest BCUT2D eigenvalue weighted by Gasteiger charge is -2.32. The maximum absolute atomic E-state index is 6.02. The van der Waals surface area contributed by atoms with Crippen LogP contribution < -0.4 is 9.47 Å². The first-order chi connectivity index (χ1) is 13.2. The number of aryl methyl sites for hydroxylation is 2. The number of methoxy groups -OCH3 is 1. The predicted octanol–water partition coefficient (Wildman–Crippen LogP) is 3.76. The van der Waals surface area contributed by atoms with Gasteiger partial charge in [-0.25, -0.2) is 0 Å². The van der Waals surface area contributed by atoms with Gasteiger partial charge >= 0.3 is 0 Å². The van der Waals surface area contributed by atoms with Crippen molar-refractivity contribution in [3.63, 3.8) is 0 Å². The molecule has 3 rings (SSSR count). The third kappa shape index (κ3) is 5.72. The summed E-state index contributed by atoms with van der Waals surface area (Å²) in [5, 5.41) is 0. The van der Waals surface area contributed by atoms with E-state index in [2.05, 4.69) is 54.1 Å². The lowest BCUT2D eigenvalue weighted by atomic mass is 10.1. The molecule has 2 aromatic rings. The van der Waals surface area contributed by atoms with Crippen molar-refractivity contribution in [1.29, 1.82) is 0 Å². The van der Waals surface area contributed by atoms with Crippen molar-refractivity contribution in [2.75, 3.05) is 46.9 Å². The molecule has 0 radical (unpaired) electrons. The molecule has 0 saturated carbocycles. The van der Waals surface area contributed by atoms with Crippen LogP contribution in [0.3, 0.4) is 0 Å². The standard InChI is InChI=1S/C23H32N2O2/c1-19-7-4-5-9-21(19)18-27-22-11-10-20(17-23(22)26-3)8-6-12-25-15-13-24(2)14-16-25/h4-5,7,9-11,17H,6,8,12-16,18H2,1-3H3. The van der Waals surface area contributed by atoms with Gasteiger partial charge in [0.25, 0.3) is 0 Å². The number of piperazine rings is 1. The molecule has 1 saturated heterocycles. The minimum Gasteiger partial charge on any atom is -0.493 e. The minimum atomic E-state index is 0.561. The van der Waals surface area contributed by atoms with Gasteiger partial charge in [-0.3, -0.25) is 0 Å². The van der Waals surface area contributed by atoms with E-state index in [0.29, 0.717) is 6.61 Å². The van der Waals surface area contributed by atoms with Gasteiger partial charge in [-0.15, -0.1) is 0 Å².